The van der Waals surface area contributed by atoms with Gasteiger partial charge in [0.15, 0.2) is 17.5 Å². The fraction of sp³-hybridized carbons (Fsp3) is 0.250. The largest absolute Gasteiger partial charge is 0.204 e. The first-order chi connectivity index (χ1) is 5.66. The summed E-state index contributed by atoms with van der Waals surface area (Å²) in [7, 11) is 0.935. The summed E-state index contributed by atoms with van der Waals surface area (Å²) in [5.41, 5.74) is 0.268. The van der Waals surface area contributed by atoms with Gasteiger partial charge in [0.25, 0.3) is 0 Å². The highest BCUT2D eigenvalue weighted by atomic mass is 28.1. The minimum atomic E-state index is -1.36. The number of rotatable bonds is 2. The van der Waals surface area contributed by atoms with Gasteiger partial charge >= 0.3 is 0 Å². The third kappa shape index (κ3) is 1.69. The summed E-state index contributed by atoms with van der Waals surface area (Å²) in [6.07, 6.45) is 0.495. The Morgan fingerprint density at radius 3 is 2.33 bits per heavy atom. The van der Waals surface area contributed by atoms with Gasteiger partial charge in [-0.3, -0.25) is 0 Å². The molecule has 0 unspecified atom stereocenters. The standard InChI is InChI=1S/C8H9F3Si/c9-6-2-1-5(3-4-12)7(10)8(6)11/h1-2H,3-4H2,12H3. The quantitative estimate of drug-likeness (QED) is 0.489. The molecule has 0 saturated carbocycles. The Balaban J connectivity index is 3.08. The molecule has 66 valence electrons. The summed E-state index contributed by atoms with van der Waals surface area (Å²) < 4.78 is 37.8. The first-order valence-electron chi connectivity index (χ1n) is 3.79. The third-order valence-corrected chi connectivity index (χ3v) is 2.13. The van der Waals surface area contributed by atoms with E-state index >= 15 is 0 Å². The van der Waals surface area contributed by atoms with Crippen molar-refractivity contribution < 1.29 is 13.2 Å². The Bertz CT molecular complexity index is 286. The van der Waals surface area contributed by atoms with Crippen LogP contribution < -0.4 is 0 Å². The summed E-state index contributed by atoms with van der Waals surface area (Å²) in [4.78, 5) is 0. The number of hydrogen-bond donors (Lipinski definition) is 0. The predicted octanol–water partition coefficient (Wildman–Crippen LogP) is 1.43. The molecule has 0 amide bonds. The van der Waals surface area contributed by atoms with Crippen LogP contribution in [0.2, 0.25) is 6.04 Å². The van der Waals surface area contributed by atoms with Gasteiger partial charge in [-0.05, 0) is 18.1 Å². The van der Waals surface area contributed by atoms with Crippen molar-refractivity contribution >= 4 is 10.2 Å². The van der Waals surface area contributed by atoms with Crippen molar-refractivity contribution in [3.05, 3.63) is 35.1 Å². The number of aryl methyl sites for hydroxylation is 1. The molecule has 4 heteroatoms. The molecule has 0 spiro atoms. The highest BCUT2D eigenvalue weighted by molar-refractivity contribution is 6.08. The van der Waals surface area contributed by atoms with E-state index in [0.717, 1.165) is 22.4 Å². The Morgan fingerprint density at radius 1 is 1.08 bits per heavy atom. The van der Waals surface area contributed by atoms with Crippen molar-refractivity contribution in [3.8, 4) is 0 Å². The smallest absolute Gasteiger partial charge is 0.194 e. The van der Waals surface area contributed by atoms with Crippen molar-refractivity contribution in [3.63, 3.8) is 0 Å². The average molecular weight is 190 g/mol. The van der Waals surface area contributed by atoms with Crippen LogP contribution in [0.1, 0.15) is 5.56 Å². The Kier molecular flexibility index (Phi) is 2.92. The summed E-state index contributed by atoms with van der Waals surface area (Å²) in [6.45, 7) is 0. The SMILES string of the molecule is Fc1ccc(CC[SiH3])c(F)c1F. The molecule has 0 radical (unpaired) electrons. The molecule has 0 saturated heterocycles. The Morgan fingerprint density at radius 2 is 1.75 bits per heavy atom. The molecule has 0 aromatic heterocycles. The lowest BCUT2D eigenvalue weighted by Gasteiger charge is -2.01. The van der Waals surface area contributed by atoms with Crippen molar-refractivity contribution in [2.45, 2.75) is 12.5 Å². The molecule has 12 heavy (non-hydrogen) atoms. The molecule has 0 atom stereocenters. The van der Waals surface area contributed by atoms with Gasteiger partial charge < -0.3 is 0 Å². The minimum Gasteiger partial charge on any atom is -0.204 e. The van der Waals surface area contributed by atoms with Crippen LogP contribution in [0.15, 0.2) is 12.1 Å². The first-order valence-corrected chi connectivity index (χ1v) is 5.20. The molecule has 0 aliphatic carbocycles. The molecule has 0 N–H and O–H groups in total. The Hall–Kier alpha value is -0.773. The van der Waals surface area contributed by atoms with Crippen LogP contribution in [0.3, 0.4) is 0 Å². The van der Waals surface area contributed by atoms with Gasteiger partial charge in [-0.2, -0.15) is 0 Å². The normalized spacial score (nSPS) is 10.6. The van der Waals surface area contributed by atoms with E-state index in [-0.39, 0.29) is 5.56 Å². The monoisotopic (exact) mass is 190 g/mol. The van der Waals surface area contributed by atoms with E-state index in [9.17, 15) is 13.2 Å². The predicted molar refractivity (Wildman–Crippen MR) is 44.8 cm³/mol. The molecular weight excluding hydrogens is 181 g/mol. The molecule has 1 aromatic rings. The van der Waals surface area contributed by atoms with Crippen LogP contribution in [-0.2, 0) is 6.42 Å². The first kappa shape index (κ1) is 9.32. The van der Waals surface area contributed by atoms with E-state index in [1.54, 1.807) is 0 Å². The lowest BCUT2D eigenvalue weighted by Crippen LogP contribution is -1.97. The number of hydrogen-bond acceptors (Lipinski definition) is 0. The van der Waals surface area contributed by atoms with Crippen molar-refractivity contribution in [1.29, 1.82) is 0 Å². The molecule has 0 fully saturated rings. The van der Waals surface area contributed by atoms with Crippen molar-refractivity contribution in [2.75, 3.05) is 0 Å². The van der Waals surface area contributed by atoms with Crippen LogP contribution in [0.25, 0.3) is 0 Å². The number of benzene rings is 1. The fourth-order valence-corrected chi connectivity index (χ4v) is 1.57. The van der Waals surface area contributed by atoms with Gasteiger partial charge in [0, 0.05) is 10.2 Å². The molecule has 0 bridgehead atoms. The second kappa shape index (κ2) is 3.76. The maximum absolute atomic E-state index is 12.8. The van der Waals surface area contributed by atoms with Gasteiger partial charge in [0.2, 0.25) is 0 Å². The summed E-state index contributed by atoms with van der Waals surface area (Å²) >= 11 is 0. The number of halogens is 3. The van der Waals surface area contributed by atoms with E-state index in [1.165, 1.54) is 6.07 Å². The maximum atomic E-state index is 12.8. The lowest BCUT2D eigenvalue weighted by molar-refractivity contribution is 0.441. The molecule has 1 aromatic carbocycles. The van der Waals surface area contributed by atoms with E-state index in [1.807, 2.05) is 0 Å². The molecule has 0 nitrogen and oxygen atoms in total. The van der Waals surface area contributed by atoms with E-state index in [4.69, 9.17) is 0 Å². The van der Waals surface area contributed by atoms with Crippen LogP contribution in [0.4, 0.5) is 13.2 Å². The van der Waals surface area contributed by atoms with E-state index in [2.05, 4.69) is 0 Å². The van der Waals surface area contributed by atoms with Crippen molar-refractivity contribution in [2.24, 2.45) is 0 Å². The van der Waals surface area contributed by atoms with Gasteiger partial charge in [-0.1, -0.05) is 12.1 Å². The summed E-state index contributed by atoms with van der Waals surface area (Å²) in [6, 6.07) is 3.11. The molecule has 0 heterocycles. The molecule has 1 rings (SSSR count). The third-order valence-electron chi connectivity index (χ3n) is 1.63. The summed E-state index contributed by atoms with van der Waals surface area (Å²) in [5, 5.41) is 0. The van der Waals surface area contributed by atoms with Gasteiger partial charge in [-0.25, -0.2) is 13.2 Å². The Labute approximate surface area is 71.8 Å². The van der Waals surface area contributed by atoms with Crippen LogP contribution in [0.5, 0.6) is 0 Å². The van der Waals surface area contributed by atoms with Gasteiger partial charge in [0.1, 0.15) is 0 Å². The van der Waals surface area contributed by atoms with Gasteiger partial charge in [0.05, 0.1) is 0 Å². The maximum Gasteiger partial charge on any atom is 0.194 e. The highest BCUT2D eigenvalue weighted by Crippen LogP contribution is 2.15. The van der Waals surface area contributed by atoms with E-state index < -0.39 is 17.5 Å². The second-order valence-electron chi connectivity index (χ2n) is 2.58. The molecule has 0 aliphatic heterocycles. The minimum absolute atomic E-state index is 0.268. The zero-order valence-electron chi connectivity index (χ0n) is 6.70. The fourth-order valence-electron chi connectivity index (χ4n) is 1.03. The average Bonchev–Trinajstić information content (AvgIpc) is 2.07. The zero-order chi connectivity index (χ0) is 9.14. The molecular formula is C8H9F3Si. The van der Waals surface area contributed by atoms with Gasteiger partial charge in [-0.15, -0.1) is 0 Å². The topological polar surface area (TPSA) is 0 Å². The van der Waals surface area contributed by atoms with Crippen LogP contribution >= 0.6 is 0 Å². The van der Waals surface area contributed by atoms with Crippen LogP contribution in [-0.4, -0.2) is 10.2 Å². The van der Waals surface area contributed by atoms with E-state index in [0.29, 0.717) is 6.42 Å². The molecule has 0 aliphatic rings. The lowest BCUT2D eigenvalue weighted by atomic mass is 10.1. The van der Waals surface area contributed by atoms with Crippen molar-refractivity contribution in [1.82, 2.24) is 0 Å². The van der Waals surface area contributed by atoms with Crippen LogP contribution in [0, 0.1) is 17.5 Å². The highest BCUT2D eigenvalue weighted by Gasteiger charge is 2.11. The summed E-state index contributed by atoms with van der Waals surface area (Å²) in [5.74, 6) is -3.52. The zero-order valence-corrected chi connectivity index (χ0v) is 8.70. The second-order valence-corrected chi connectivity index (χ2v) is 3.58.